The summed E-state index contributed by atoms with van der Waals surface area (Å²) >= 11 is 0. The van der Waals surface area contributed by atoms with Crippen molar-refractivity contribution in [2.24, 2.45) is 0 Å². The van der Waals surface area contributed by atoms with E-state index < -0.39 is 6.10 Å². The van der Waals surface area contributed by atoms with Crippen LogP contribution in [0.5, 0.6) is 0 Å². The zero-order chi connectivity index (χ0) is 18.9. The van der Waals surface area contributed by atoms with E-state index in [1.165, 1.54) is 0 Å². The fraction of sp³-hybridized carbons (Fsp3) is 0.538. The number of aliphatic hydroxyl groups is 1. The van der Waals surface area contributed by atoms with Crippen molar-refractivity contribution in [3.8, 4) is 0 Å². The van der Waals surface area contributed by atoms with Gasteiger partial charge in [0.1, 0.15) is 17.8 Å². The molecule has 142 valence electrons. The van der Waals surface area contributed by atoms with Crippen LogP contribution >= 0.6 is 0 Å². The van der Waals surface area contributed by atoms with Gasteiger partial charge in [0, 0.05) is 12.8 Å². The Kier molecular flexibility index (Phi) is 7.13. The Morgan fingerprint density at radius 2 is 1.19 bits per heavy atom. The average molecular weight is 366 g/mol. The molecule has 13 heteroatoms. The third-order valence-corrected chi connectivity index (χ3v) is 3.09. The minimum absolute atomic E-state index is 0.0501. The second kappa shape index (κ2) is 9.55. The van der Waals surface area contributed by atoms with Gasteiger partial charge in [0.15, 0.2) is 0 Å². The number of aromatic nitrogens is 6. The van der Waals surface area contributed by atoms with Crippen LogP contribution in [0.1, 0.15) is 11.6 Å². The van der Waals surface area contributed by atoms with Crippen LogP contribution in [0.3, 0.4) is 0 Å². The Bertz CT molecular complexity index is 676. The van der Waals surface area contributed by atoms with Gasteiger partial charge in [-0.15, -0.1) is 0 Å². The van der Waals surface area contributed by atoms with E-state index in [9.17, 15) is 5.11 Å². The molecule has 0 saturated heterocycles. The van der Waals surface area contributed by atoms with Gasteiger partial charge < -0.3 is 37.5 Å². The monoisotopic (exact) mass is 366 g/mol. The number of aliphatic hydroxyl groups excluding tert-OH is 1. The van der Waals surface area contributed by atoms with Crippen LogP contribution in [0.15, 0.2) is 0 Å². The number of nitrogens with two attached hydrogens (primary N) is 4. The average Bonchev–Trinajstić information content (AvgIpc) is 2.55. The molecule has 0 aromatic carbocycles. The molecule has 26 heavy (non-hydrogen) atoms. The van der Waals surface area contributed by atoms with E-state index >= 15 is 0 Å². The molecule has 9 N–H and O–H groups in total. The number of nitrogen functional groups attached to an aromatic ring is 4. The third kappa shape index (κ3) is 6.54. The summed E-state index contributed by atoms with van der Waals surface area (Å²) in [5, 5.41) is 9.35. The van der Waals surface area contributed by atoms with Gasteiger partial charge in [-0.05, 0) is 0 Å². The lowest BCUT2D eigenvalue weighted by atomic mass is 10.3. The van der Waals surface area contributed by atoms with Crippen LogP contribution in [0, 0.1) is 0 Å². The Hall–Kier alpha value is -2.90. The lowest BCUT2D eigenvalue weighted by molar-refractivity contribution is -0.0412. The predicted molar refractivity (Wildman–Crippen MR) is 92.4 cm³/mol. The van der Waals surface area contributed by atoms with Gasteiger partial charge in [-0.3, -0.25) is 0 Å². The molecule has 2 aromatic rings. The van der Waals surface area contributed by atoms with Crippen LogP contribution in [0.25, 0.3) is 0 Å². The topological polar surface area (TPSA) is 220 Å². The minimum atomic E-state index is -0.500. The number of ether oxygens (including phenoxy) is 2. The molecule has 2 aromatic heterocycles. The van der Waals surface area contributed by atoms with E-state index in [-0.39, 0.29) is 43.6 Å². The molecule has 1 unspecified atom stereocenters. The molecule has 0 amide bonds. The summed E-state index contributed by atoms with van der Waals surface area (Å²) in [6, 6.07) is 0. The SMILES string of the molecule is Nc1nc(N)nc(CCOCC(CO)OCCc2nc(N)nc(N)n2)n1. The van der Waals surface area contributed by atoms with Gasteiger partial charge in [0.25, 0.3) is 0 Å². The largest absolute Gasteiger partial charge is 0.394 e. The van der Waals surface area contributed by atoms with E-state index in [2.05, 4.69) is 29.9 Å². The number of hydrogen-bond acceptors (Lipinski definition) is 13. The fourth-order valence-corrected chi connectivity index (χ4v) is 1.99. The highest BCUT2D eigenvalue weighted by Gasteiger charge is 2.10. The molecule has 0 aliphatic rings. The molecule has 0 aliphatic carbocycles. The van der Waals surface area contributed by atoms with Crippen molar-refractivity contribution >= 4 is 23.8 Å². The minimum Gasteiger partial charge on any atom is -0.394 e. The first kappa shape index (κ1) is 19.4. The number of anilines is 4. The maximum atomic E-state index is 9.35. The second-order valence-electron chi connectivity index (χ2n) is 5.19. The summed E-state index contributed by atoms with van der Waals surface area (Å²) in [6.45, 7) is 0.558. The molecular formula is C13H22N10O3. The summed E-state index contributed by atoms with van der Waals surface area (Å²) < 4.78 is 11.0. The van der Waals surface area contributed by atoms with Gasteiger partial charge >= 0.3 is 0 Å². The first-order valence-electron chi connectivity index (χ1n) is 7.78. The lowest BCUT2D eigenvalue weighted by Crippen LogP contribution is -2.26. The Labute approximate surface area is 149 Å². The fourth-order valence-electron chi connectivity index (χ4n) is 1.99. The van der Waals surface area contributed by atoms with Gasteiger partial charge in [0.05, 0.1) is 26.4 Å². The van der Waals surface area contributed by atoms with E-state index in [1.807, 2.05) is 0 Å². The molecule has 0 spiro atoms. The summed E-state index contributed by atoms with van der Waals surface area (Å²) in [5.41, 5.74) is 22.0. The normalized spacial score (nSPS) is 12.2. The van der Waals surface area contributed by atoms with Crippen LogP contribution < -0.4 is 22.9 Å². The Morgan fingerprint density at radius 1 is 0.731 bits per heavy atom. The van der Waals surface area contributed by atoms with Gasteiger partial charge in [0.2, 0.25) is 23.8 Å². The van der Waals surface area contributed by atoms with Gasteiger partial charge in [-0.25, -0.2) is 0 Å². The summed E-state index contributed by atoms with van der Waals surface area (Å²) in [6.07, 6.45) is 0.273. The second-order valence-corrected chi connectivity index (χ2v) is 5.19. The number of rotatable bonds is 10. The molecule has 0 saturated carbocycles. The molecule has 0 fully saturated rings. The van der Waals surface area contributed by atoms with Crippen molar-refractivity contribution in [2.45, 2.75) is 18.9 Å². The van der Waals surface area contributed by atoms with Crippen LogP contribution in [-0.2, 0) is 22.3 Å². The van der Waals surface area contributed by atoms with E-state index in [1.54, 1.807) is 0 Å². The Balaban J connectivity index is 1.68. The van der Waals surface area contributed by atoms with Crippen molar-refractivity contribution in [3.05, 3.63) is 11.6 Å². The molecule has 2 heterocycles. The van der Waals surface area contributed by atoms with Crippen LogP contribution in [0.4, 0.5) is 23.8 Å². The molecule has 2 rings (SSSR count). The summed E-state index contributed by atoms with van der Waals surface area (Å²) in [5.74, 6) is 1.06. The summed E-state index contributed by atoms with van der Waals surface area (Å²) in [7, 11) is 0. The van der Waals surface area contributed by atoms with E-state index in [0.717, 1.165) is 0 Å². The van der Waals surface area contributed by atoms with Crippen LogP contribution in [0.2, 0.25) is 0 Å². The van der Waals surface area contributed by atoms with E-state index in [4.69, 9.17) is 32.4 Å². The van der Waals surface area contributed by atoms with Gasteiger partial charge in [-0.2, -0.15) is 29.9 Å². The van der Waals surface area contributed by atoms with Crippen molar-refractivity contribution in [1.82, 2.24) is 29.9 Å². The highest BCUT2D eigenvalue weighted by molar-refractivity contribution is 5.26. The first-order chi connectivity index (χ1) is 12.5. The van der Waals surface area contributed by atoms with Crippen molar-refractivity contribution in [1.29, 1.82) is 0 Å². The summed E-state index contributed by atoms with van der Waals surface area (Å²) in [4.78, 5) is 23.1. The molecular weight excluding hydrogens is 344 g/mol. The number of nitrogens with zero attached hydrogens (tertiary/aromatic N) is 6. The van der Waals surface area contributed by atoms with Gasteiger partial charge in [-0.1, -0.05) is 0 Å². The molecule has 1 atom stereocenters. The van der Waals surface area contributed by atoms with Crippen LogP contribution in [-0.4, -0.2) is 67.5 Å². The zero-order valence-electron chi connectivity index (χ0n) is 14.1. The molecule has 0 aliphatic heterocycles. The maximum Gasteiger partial charge on any atom is 0.225 e. The highest BCUT2D eigenvalue weighted by atomic mass is 16.5. The van der Waals surface area contributed by atoms with Crippen molar-refractivity contribution < 1.29 is 14.6 Å². The van der Waals surface area contributed by atoms with Crippen molar-refractivity contribution in [3.63, 3.8) is 0 Å². The molecule has 0 bridgehead atoms. The van der Waals surface area contributed by atoms with Crippen molar-refractivity contribution in [2.75, 3.05) is 49.4 Å². The van der Waals surface area contributed by atoms with E-state index in [0.29, 0.717) is 31.1 Å². The molecule has 13 nitrogen and oxygen atoms in total. The molecule has 0 radical (unpaired) electrons. The smallest absolute Gasteiger partial charge is 0.225 e. The highest BCUT2D eigenvalue weighted by Crippen LogP contribution is 2.03. The third-order valence-electron chi connectivity index (χ3n) is 3.09. The maximum absolute atomic E-state index is 9.35. The zero-order valence-corrected chi connectivity index (χ0v) is 14.1. The standard InChI is InChI=1S/C13H22N10O3/c14-10-18-8(19-11(15)22-10)1-3-25-6-7(5-24)26-4-2-9-20-12(16)23-13(17)21-9/h7,24H,1-6H2,(H4,14,15,18,19,22)(H4,16,17,20,21,23). The predicted octanol–water partition coefficient (Wildman–Crippen LogP) is -2.44. The number of hydrogen-bond donors (Lipinski definition) is 5. The Morgan fingerprint density at radius 3 is 1.65 bits per heavy atom. The quantitative estimate of drug-likeness (QED) is 0.276. The first-order valence-corrected chi connectivity index (χ1v) is 7.78. The lowest BCUT2D eigenvalue weighted by Gasteiger charge is -2.15.